The maximum absolute atomic E-state index is 13.3. The molecule has 0 unspecified atom stereocenters. The molecule has 0 aliphatic heterocycles. The highest BCUT2D eigenvalue weighted by molar-refractivity contribution is 6.31. The van der Waals surface area contributed by atoms with Gasteiger partial charge in [-0.2, -0.15) is 0 Å². The van der Waals surface area contributed by atoms with Crippen LogP contribution in [0.3, 0.4) is 0 Å². The molecule has 1 aromatic heterocycles. The van der Waals surface area contributed by atoms with Crippen LogP contribution in [0.5, 0.6) is 11.5 Å². The van der Waals surface area contributed by atoms with Crippen molar-refractivity contribution in [2.24, 2.45) is 0 Å². The molecule has 152 valence electrons. The van der Waals surface area contributed by atoms with Gasteiger partial charge in [-0.1, -0.05) is 17.7 Å². The third-order valence-corrected chi connectivity index (χ3v) is 5.31. The van der Waals surface area contributed by atoms with Gasteiger partial charge < -0.3 is 19.2 Å². The second kappa shape index (κ2) is 8.13. The zero-order valence-electron chi connectivity index (χ0n) is 16.8. The number of rotatable bonds is 5. The predicted octanol–water partition coefficient (Wildman–Crippen LogP) is 6.33. The first-order valence-electron chi connectivity index (χ1n) is 9.32. The van der Waals surface area contributed by atoms with E-state index in [-0.39, 0.29) is 5.91 Å². The van der Waals surface area contributed by atoms with E-state index < -0.39 is 0 Å². The van der Waals surface area contributed by atoms with Gasteiger partial charge in [-0.3, -0.25) is 4.79 Å². The average molecular weight is 422 g/mol. The highest BCUT2D eigenvalue weighted by Gasteiger charge is 2.23. The van der Waals surface area contributed by atoms with Gasteiger partial charge in [0.05, 0.1) is 19.8 Å². The van der Waals surface area contributed by atoms with Crippen molar-refractivity contribution in [3.05, 3.63) is 76.8 Å². The molecule has 30 heavy (non-hydrogen) atoms. The smallest absolute Gasteiger partial charge is 0.260 e. The number of halogens is 1. The first kappa shape index (κ1) is 19.9. The summed E-state index contributed by atoms with van der Waals surface area (Å²) in [7, 11) is 3.19. The molecule has 0 atom stereocenters. The van der Waals surface area contributed by atoms with E-state index in [1.165, 1.54) is 0 Å². The number of furan rings is 1. The Morgan fingerprint density at radius 2 is 1.63 bits per heavy atom. The Balaban J connectivity index is 1.83. The molecule has 0 bridgehead atoms. The molecule has 1 amide bonds. The molecule has 0 spiro atoms. The number of carbonyl (C=O) groups excluding carboxylic acids is 1. The molecule has 0 saturated carbocycles. The zero-order valence-corrected chi connectivity index (χ0v) is 17.5. The van der Waals surface area contributed by atoms with Crippen molar-refractivity contribution in [2.45, 2.75) is 6.92 Å². The van der Waals surface area contributed by atoms with E-state index in [0.29, 0.717) is 38.8 Å². The molecule has 6 heteroatoms. The van der Waals surface area contributed by atoms with E-state index in [2.05, 4.69) is 5.32 Å². The average Bonchev–Trinajstić information content (AvgIpc) is 3.15. The third-order valence-electron chi connectivity index (χ3n) is 4.90. The summed E-state index contributed by atoms with van der Waals surface area (Å²) in [5.74, 6) is 1.53. The molecule has 4 rings (SSSR count). The van der Waals surface area contributed by atoms with Gasteiger partial charge in [-0.25, -0.2) is 0 Å². The number of hydrogen-bond acceptors (Lipinski definition) is 4. The molecule has 0 aliphatic rings. The second-order valence-electron chi connectivity index (χ2n) is 6.81. The molecule has 4 aromatic rings. The summed E-state index contributed by atoms with van der Waals surface area (Å²) < 4.78 is 16.7. The van der Waals surface area contributed by atoms with Crippen molar-refractivity contribution in [2.75, 3.05) is 19.5 Å². The maximum Gasteiger partial charge on any atom is 0.260 e. The van der Waals surface area contributed by atoms with Crippen molar-refractivity contribution in [3.8, 4) is 22.8 Å². The minimum atomic E-state index is -0.298. The molecule has 0 saturated heterocycles. The lowest BCUT2D eigenvalue weighted by Crippen LogP contribution is -2.12. The summed E-state index contributed by atoms with van der Waals surface area (Å²) in [5, 5.41) is 4.17. The number of methoxy groups -OCH3 is 2. The third kappa shape index (κ3) is 3.72. The van der Waals surface area contributed by atoms with Gasteiger partial charge in [0.15, 0.2) is 0 Å². The molecule has 1 heterocycles. The SMILES string of the molecule is COc1ccc(-c2oc3ccc(OC)cc3c2C(=O)Nc2ccc(C)c(Cl)c2)cc1. The van der Waals surface area contributed by atoms with E-state index >= 15 is 0 Å². The number of ether oxygens (including phenoxy) is 2. The summed E-state index contributed by atoms with van der Waals surface area (Å²) in [6, 6.07) is 18.1. The summed E-state index contributed by atoms with van der Waals surface area (Å²) in [6.07, 6.45) is 0. The Bertz CT molecular complexity index is 1230. The Kier molecular flexibility index (Phi) is 5.38. The van der Waals surface area contributed by atoms with Crippen molar-refractivity contribution in [1.82, 2.24) is 0 Å². The van der Waals surface area contributed by atoms with Crippen molar-refractivity contribution in [3.63, 3.8) is 0 Å². The highest BCUT2D eigenvalue weighted by atomic mass is 35.5. The Labute approximate surface area is 179 Å². The highest BCUT2D eigenvalue weighted by Crippen LogP contribution is 2.36. The quantitative estimate of drug-likeness (QED) is 0.409. The largest absolute Gasteiger partial charge is 0.497 e. The normalized spacial score (nSPS) is 10.8. The van der Waals surface area contributed by atoms with Gasteiger partial charge in [-0.15, -0.1) is 0 Å². The van der Waals surface area contributed by atoms with E-state index in [9.17, 15) is 4.79 Å². The minimum Gasteiger partial charge on any atom is -0.497 e. The van der Waals surface area contributed by atoms with Gasteiger partial charge in [0.1, 0.15) is 22.8 Å². The second-order valence-corrected chi connectivity index (χ2v) is 7.22. The van der Waals surface area contributed by atoms with Crippen LogP contribution in [0.25, 0.3) is 22.3 Å². The molecule has 0 aliphatic carbocycles. The number of anilines is 1. The van der Waals surface area contributed by atoms with Crippen LogP contribution >= 0.6 is 11.6 Å². The van der Waals surface area contributed by atoms with Crippen LogP contribution in [-0.2, 0) is 0 Å². The number of benzene rings is 3. The first-order valence-corrected chi connectivity index (χ1v) is 9.70. The zero-order chi connectivity index (χ0) is 21.3. The predicted molar refractivity (Wildman–Crippen MR) is 119 cm³/mol. The summed E-state index contributed by atoms with van der Waals surface area (Å²) in [6.45, 7) is 1.91. The fraction of sp³-hybridized carbons (Fsp3) is 0.125. The number of carbonyl (C=O) groups is 1. The summed E-state index contributed by atoms with van der Waals surface area (Å²) in [4.78, 5) is 13.3. The fourth-order valence-electron chi connectivity index (χ4n) is 3.24. The van der Waals surface area contributed by atoms with Crippen LogP contribution < -0.4 is 14.8 Å². The lowest BCUT2D eigenvalue weighted by Gasteiger charge is -2.08. The summed E-state index contributed by atoms with van der Waals surface area (Å²) in [5.41, 5.74) is 3.32. The van der Waals surface area contributed by atoms with Gasteiger partial charge in [0.2, 0.25) is 0 Å². The van der Waals surface area contributed by atoms with Gasteiger partial charge >= 0.3 is 0 Å². The van der Waals surface area contributed by atoms with Crippen molar-refractivity contribution >= 4 is 34.2 Å². The van der Waals surface area contributed by atoms with Crippen molar-refractivity contribution in [1.29, 1.82) is 0 Å². The topological polar surface area (TPSA) is 60.7 Å². The van der Waals surface area contributed by atoms with Gasteiger partial charge in [-0.05, 0) is 67.1 Å². The lowest BCUT2D eigenvalue weighted by molar-refractivity contribution is 0.102. The number of nitrogens with one attached hydrogen (secondary N) is 1. The van der Waals surface area contributed by atoms with Gasteiger partial charge in [0.25, 0.3) is 5.91 Å². The molecule has 0 fully saturated rings. The standard InChI is InChI=1S/C24H20ClNO4/c1-14-4-7-16(12-20(14)25)26-24(27)22-19-13-18(29-3)10-11-21(19)30-23(22)15-5-8-17(28-2)9-6-15/h4-13H,1-3H3,(H,26,27). The Morgan fingerprint density at radius 3 is 2.30 bits per heavy atom. The molecular formula is C24H20ClNO4. The maximum atomic E-state index is 13.3. The van der Waals surface area contributed by atoms with E-state index in [4.69, 9.17) is 25.5 Å². The van der Waals surface area contributed by atoms with Crippen LogP contribution in [0.4, 0.5) is 5.69 Å². The first-order chi connectivity index (χ1) is 14.5. The number of fused-ring (bicyclic) bond motifs is 1. The van der Waals surface area contributed by atoms with E-state index in [1.54, 1.807) is 38.5 Å². The van der Waals surface area contributed by atoms with Crippen LogP contribution in [-0.4, -0.2) is 20.1 Å². The van der Waals surface area contributed by atoms with Crippen LogP contribution in [0, 0.1) is 6.92 Å². The number of hydrogen-bond donors (Lipinski definition) is 1. The van der Waals surface area contributed by atoms with Crippen LogP contribution in [0.15, 0.2) is 65.1 Å². The molecule has 0 radical (unpaired) electrons. The summed E-state index contributed by atoms with van der Waals surface area (Å²) >= 11 is 6.21. The van der Waals surface area contributed by atoms with E-state index in [0.717, 1.165) is 16.9 Å². The monoisotopic (exact) mass is 421 g/mol. The Morgan fingerprint density at radius 1 is 0.933 bits per heavy atom. The van der Waals surface area contributed by atoms with Crippen LogP contribution in [0.2, 0.25) is 5.02 Å². The minimum absolute atomic E-state index is 0.298. The molecule has 1 N–H and O–H groups in total. The van der Waals surface area contributed by atoms with Crippen molar-refractivity contribution < 1.29 is 18.7 Å². The molecule has 5 nitrogen and oxygen atoms in total. The lowest BCUT2D eigenvalue weighted by atomic mass is 10.0. The van der Waals surface area contributed by atoms with E-state index in [1.807, 2.05) is 43.3 Å². The molecular weight excluding hydrogens is 402 g/mol. The number of aryl methyl sites for hydroxylation is 1. The molecule has 3 aromatic carbocycles. The Hall–Kier alpha value is -3.44. The van der Waals surface area contributed by atoms with Gasteiger partial charge in [0, 0.05) is 21.7 Å². The number of amides is 1. The van der Waals surface area contributed by atoms with Crippen LogP contribution in [0.1, 0.15) is 15.9 Å². The fourth-order valence-corrected chi connectivity index (χ4v) is 3.42.